The Kier molecular flexibility index (Phi) is 5.69. The average Bonchev–Trinajstić information content (AvgIpc) is 2.53. The predicted octanol–water partition coefficient (Wildman–Crippen LogP) is 1.20. The van der Waals surface area contributed by atoms with Crippen LogP contribution in [0.3, 0.4) is 0 Å². The molecule has 2 N–H and O–H groups in total. The molecule has 2 aliphatic rings. The number of nitrogens with one attached hydrogen (secondary N) is 2. The van der Waals surface area contributed by atoms with Gasteiger partial charge in [0, 0.05) is 25.1 Å². The Bertz CT molecular complexity index is 531. The number of rotatable bonds is 4. The highest BCUT2D eigenvalue weighted by atomic mass is 16.6. The number of hydrogen-bond donors (Lipinski definition) is 2. The summed E-state index contributed by atoms with van der Waals surface area (Å²) in [7, 11) is 1.58. The van der Waals surface area contributed by atoms with E-state index >= 15 is 0 Å². The SMILES string of the molecule is COC1=CC(NC(=O)OC(C)(C)C)NN=C1C1CCN(C=O)CC1. The monoisotopic (exact) mass is 338 g/mol. The van der Waals surface area contributed by atoms with Crippen LogP contribution in [0, 0.1) is 5.92 Å². The average molecular weight is 338 g/mol. The molecule has 1 unspecified atom stereocenters. The van der Waals surface area contributed by atoms with E-state index in [4.69, 9.17) is 9.47 Å². The van der Waals surface area contributed by atoms with Crippen LogP contribution < -0.4 is 10.7 Å². The molecule has 1 saturated heterocycles. The third kappa shape index (κ3) is 4.87. The maximum absolute atomic E-state index is 11.8. The fourth-order valence-corrected chi connectivity index (χ4v) is 2.72. The van der Waals surface area contributed by atoms with E-state index in [-0.39, 0.29) is 5.92 Å². The lowest BCUT2D eigenvalue weighted by Crippen LogP contribution is -2.47. The Labute approximate surface area is 142 Å². The number of likely N-dealkylation sites (tertiary alicyclic amines) is 1. The van der Waals surface area contributed by atoms with E-state index < -0.39 is 17.9 Å². The Morgan fingerprint density at radius 3 is 2.62 bits per heavy atom. The molecule has 0 bridgehead atoms. The van der Waals surface area contributed by atoms with E-state index in [2.05, 4.69) is 15.8 Å². The lowest BCUT2D eigenvalue weighted by molar-refractivity contribution is -0.119. The molecule has 134 valence electrons. The fraction of sp³-hybridized carbons (Fsp3) is 0.688. The van der Waals surface area contributed by atoms with Gasteiger partial charge in [0.05, 0.1) is 7.11 Å². The molecule has 0 aromatic heterocycles. The largest absolute Gasteiger partial charge is 0.495 e. The molecule has 8 heteroatoms. The van der Waals surface area contributed by atoms with Crippen LogP contribution in [-0.4, -0.2) is 55.1 Å². The van der Waals surface area contributed by atoms with Crippen LogP contribution in [0.2, 0.25) is 0 Å². The summed E-state index contributed by atoms with van der Waals surface area (Å²) in [5.41, 5.74) is 3.17. The predicted molar refractivity (Wildman–Crippen MR) is 89.2 cm³/mol. The third-order valence-electron chi connectivity index (χ3n) is 3.85. The maximum Gasteiger partial charge on any atom is 0.409 e. The lowest BCUT2D eigenvalue weighted by Gasteiger charge is -2.32. The van der Waals surface area contributed by atoms with Gasteiger partial charge in [-0.3, -0.25) is 15.5 Å². The first-order chi connectivity index (χ1) is 11.3. The van der Waals surface area contributed by atoms with Crippen LogP contribution in [0.25, 0.3) is 0 Å². The highest BCUT2D eigenvalue weighted by Crippen LogP contribution is 2.23. The summed E-state index contributed by atoms with van der Waals surface area (Å²) in [5.74, 6) is 0.863. The van der Waals surface area contributed by atoms with Crippen molar-refractivity contribution in [3.63, 3.8) is 0 Å². The Morgan fingerprint density at radius 1 is 1.42 bits per heavy atom. The van der Waals surface area contributed by atoms with E-state index in [1.54, 1.807) is 38.9 Å². The zero-order valence-corrected chi connectivity index (χ0v) is 14.7. The van der Waals surface area contributed by atoms with E-state index in [9.17, 15) is 9.59 Å². The number of hydrazone groups is 1. The van der Waals surface area contributed by atoms with Crippen LogP contribution in [0.15, 0.2) is 16.9 Å². The van der Waals surface area contributed by atoms with Crippen molar-refractivity contribution in [1.82, 2.24) is 15.6 Å². The van der Waals surface area contributed by atoms with Crippen LogP contribution in [0.1, 0.15) is 33.6 Å². The maximum atomic E-state index is 11.8. The number of piperidine rings is 1. The van der Waals surface area contributed by atoms with Crippen LogP contribution in [0.4, 0.5) is 4.79 Å². The Morgan fingerprint density at radius 2 is 2.08 bits per heavy atom. The molecule has 0 aromatic rings. The number of carbonyl (C=O) groups excluding carboxylic acids is 2. The van der Waals surface area contributed by atoms with Gasteiger partial charge in [0.1, 0.15) is 23.2 Å². The molecule has 8 nitrogen and oxygen atoms in total. The molecular weight excluding hydrogens is 312 g/mol. The topological polar surface area (TPSA) is 92.3 Å². The summed E-state index contributed by atoms with van der Waals surface area (Å²) in [4.78, 5) is 24.4. The van der Waals surface area contributed by atoms with Crippen molar-refractivity contribution in [3.8, 4) is 0 Å². The summed E-state index contributed by atoms with van der Waals surface area (Å²) in [6.45, 7) is 6.84. The molecule has 2 amide bonds. The zero-order valence-electron chi connectivity index (χ0n) is 14.7. The van der Waals surface area contributed by atoms with E-state index in [1.165, 1.54) is 0 Å². The first-order valence-corrected chi connectivity index (χ1v) is 8.10. The Hall–Kier alpha value is -2.25. The van der Waals surface area contributed by atoms with Crippen LogP contribution in [0.5, 0.6) is 0 Å². The quantitative estimate of drug-likeness (QED) is 0.751. The molecule has 0 spiro atoms. The second-order valence-corrected chi connectivity index (χ2v) is 6.90. The molecule has 0 saturated carbocycles. The van der Waals surface area contributed by atoms with Crippen molar-refractivity contribution in [2.45, 2.75) is 45.4 Å². The summed E-state index contributed by atoms with van der Waals surface area (Å²) in [6, 6.07) is 0. The van der Waals surface area contributed by atoms with E-state index in [0.29, 0.717) is 18.8 Å². The summed E-state index contributed by atoms with van der Waals surface area (Å²) >= 11 is 0. The van der Waals surface area contributed by atoms with Gasteiger partial charge in [-0.2, -0.15) is 5.10 Å². The number of amides is 2. The van der Waals surface area contributed by atoms with Crippen molar-refractivity contribution < 1.29 is 19.1 Å². The number of nitrogens with zero attached hydrogens (tertiary/aromatic N) is 2. The third-order valence-corrected chi connectivity index (χ3v) is 3.85. The molecular formula is C16H26N4O4. The molecule has 2 aliphatic heterocycles. The number of carbonyl (C=O) groups is 2. The van der Waals surface area contributed by atoms with Gasteiger partial charge in [-0.15, -0.1) is 0 Å². The highest BCUT2D eigenvalue weighted by Gasteiger charge is 2.29. The zero-order chi connectivity index (χ0) is 17.7. The molecule has 24 heavy (non-hydrogen) atoms. The number of ether oxygens (including phenoxy) is 2. The fourth-order valence-electron chi connectivity index (χ4n) is 2.72. The van der Waals surface area contributed by atoms with Gasteiger partial charge in [0.2, 0.25) is 6.41 Å². The van der Waals surface area contributed by atoms with Crippen molar-refractivity contribution in [2.75, 3.05) is 20.2 Å². The highest BCUT2D eigenvalue weighted by molar-refractivity contribution is 6.00. The first kappa shape index (κ1) is 18.1. The molecule has 1 atom stereocenters. The van der Waals surface area contributed by atoms with Gasteiger partial charge < -0.3 is 14.4 Å². The van der Waals surface area contributed by atoms with Gasteiger partial charge in [0.15, 0.2) is 0 Å². The standard InChI is InChI=1S/C16H26N4O4/c1-16(2,3)24-15(22)17-13-9-12(23-4)14(19-18-13)11-5-7-20(10-21)8-6-11/h9-11,13,18H,5-8H2,1-4H3,(H,17,22). The minimum Gasteiger partial charge on any atom is -0.495 e. The second-order valence-electron chi connectivity index (χ2n) is 6.90. The lowest BCUT2D eigenvalue weighted by atomic mass is 9.90. The Balaban J connectivity index is 1.96. The number of hydrogen-bond acceptors (Lipinski definition) is 6. The van der Waals surface area contributed by atoms with Gasteiger partial charge >= 0.3 is 6.09 Å². The molecule has 0 aromatic carbocycles. The number of allylic oxidation sites excluding steroid dienone is 1. The summed E-state index contributed by atoms with van der Waals surface area (Å²) in [5, 5.41) is 7.07. The minimum atomic E-state index is -0.562. The first-order valence-electron chi connectivity index (χ1n) is 8.10. The molecule has 2 rings (SSSR count). The van der Waals surface area contributed by atoms with E-state index in [1.807, 2.05) is 0 Å². The second kappa shape index (κ2) is 7.55. The van der Waals surface area contributed by atoms with Crippen molar-refractivity contribution >= 4 is 18.2 Å². The smallest absolute Gasteiger partial charge is 0.409 e. The molecule has 1 fully saturated rings. The van der Waals surface area contributed by atoms with Gasteiger partial charge in [0.25, 0.3) is 0 Å². The number of alkyl carbamates (subject to hydrolysis) is 1. The normalized spacial score (nSPS) is 22.0. The van der Waals surface area contributed by atoms with Gasteiger partial charge in [-0.1, -0.05) is 0 Å². The summed E-state index contributed by atoms with van der Waals surface area (Å²) in [6.07, 6.45) is 3.32. The minimum absolute atomic E-state index is 0.224. The molecule has 0 aliphatic carbocycles. The van der Waals surface area contributed by atoms with E-state index in [0.717, 1.165) is 25.0 Å². The van der Waals surface area contributed by atoms with Crippen LogP contribution in [-0.2, 0) is 14.3 Å². The van der Waals surface area contributed by atoms with Crippen LogP contribution >= 0.6 is 0 Å². The van der Waals surface area contributed by atoms with Crippen molar-refractivity contribution in [1.29, 1.82) is 0 Å². The van der Waals surface area contributed by atoms with Crippen molar-refractivity contribution in [3.05, 3.63) is 11.8 Å². The van der Waals surface area contributed by atoms with Gasteiger partial charge in [-0.05, 0) is 33.6 Å². The van der Waals surface area contributed by atoms with Crippen molar-refractivity contribution in [2.24, 2.45) is 11.0 Å². The number of methoxy groups -OCH3 is 1. The molecule has 0 radical (unpaired) electrons. The summed E-state index contributed by atoms with van der Waals surface area (Å²) < 4.78 is 10.7. The molecule has 2 heterocycles. The van der Waals surface area contributed by atoms with Gasteiger partial charge in [-0.25, -0.2) is 4.79 Å².